The van der Waals surface area contributed by atoms with Crippen LogP contribution in [-0.2, 0) is 9.53 Å². The highest BCUT2D eigenvalue weighted by Crippen LogP contribution is 2.24. The standard InChI is InChI=1S/C23H24N2O5/c1-14(2)21-20(15(3)25-30-21)23(27)28-16(4)22(26)24-17-10-12-19(13-11-17)29-18-8-6-5-7-9-18/h5-14,16H,1-4H3,(H,24,26)/t16-/m1/s1. The Labute approximate surface area is 175 Å². The number of carbonyl (C=O) groups is 2. The van der Waals surface area contributed by atoms with Crippen LogP contribution in [0, 0.1) is 6.92 Å². The maximum Gasteiger partial charge on any atom is 0.344 e. The van der Waals surface area contributed by atoms with Gasteiger partial charge in [-0.1, -0.05) is 37.2 Å². The minimum atomic E-state index is -0.993. The average Bonchev–Trinajstić information content (AvgIpc) is 3.12. The molecule has 0 bridgehead atoms. The third-order valence-electron chi connectivity index (χ3n) is 4.37. The van der Waals surface area contributed by atoms with Crippen molar-refractivity contribution in [1.82, 2.24) is 5.16 Å². The first kappa shape index (κ1) is 21.1. The molecule has 0 aliphatic heterocycles. The summed E-state index contributed by atoms with van der Waals surface area (Å²) < 4.78 is 16.3. The number of hydrogen-bond acceptors (Lipinski definition) is 6. The lowest BCUT2D eigenvalue weighted by molar-refractivity contribution is -0.123. The average molecular weight is 408 g/mol. The fourth-order valence-corrected chi connectivity index (χ4v) is 2.78. The van der Waals surface area contributed by atoms with Gasteiger partial charge >= 0.3 is 5.97 Å². The highest BCUT2D eigenvalue weighted by atomic mass is 16.5. The number of esters is 1. The number of aromatic nitrogens is 1. The second-order valence-corrected chi connectivity index (χ2v) is 7.14. The monoisotopic (exact) mass is 408 g/mol. The zero-order chi connectivity index (χ0) is 21.7. The number of rotatable bonds is 7. The van der Waals surface area contributed by atoms with Crippen LogP contribution in [0.5, 0.6) is 11.5 Å². The predicted octanol–water partition coefficient (Wildman–Crippen LogP) is 5.08. The lowest BCUT2D eigenvalue weighted by Crippen LogP contribution is -2.30. The summed E-state index contributed by atoms with van der Waals surface area (Å²) in [6, 6.07) is 16.3. The van der Waals surface area contributed by atoms with E-state index in [9.17, 15) is 9.59 Å². The van der Waals surface area contributed by atoms with Gasteiger partial charge in [-0.2, -0.15) is 0 Å². The Bertz CT molecular complexity index is 1010. The third-order valence-corrected chi connectivity index (χ3v) is 4.37. The Balaban J connectivity index is 1.59. The number of hydrogen-bond donors (Lipinski definition) is 1. The molecule has 0 aliphatic rings. The minimum Gasteiger partial charge on any atom is -0.457 e. The summed E-state index contributed by atoms with van der Waals surface area (Å²) in [6.45, 7) is 6.95. The minimum absolute atomic E-state index is 0.0329. The molecule has 0 spiro atoms. The van der Waals surface area contributed by atoms with Crippen LogP contribution in [0.25, 0.3) is 0 Å². The van der Waals surface area contributed by atoms with Crippen molar-refractivity contribution in [1.29, 1.82) is 0 Å². The Morgan fingerprint density at radius 3 is 2.23 bits per heavy atom. The van der Waals surface area contributed by atoms with Crippen molar-refractivity contribution in [2.24, 2.45) is 0 Å². The molecule has 1 atom stereocenters. The van der Waals surface area contributed by atoms with E-state index in [1.807, 2.05) is 44.2 Å². The van der Waals surface area contributed by atoms with Gasteiger partial charge in [-0.05, 0) is 50.2 Å². The summed E-state index contributed by atoms with van der Waals surface area (Å²) in [5, 5.41) is 6.55. The molecule has 1 aromatic heterocycles. The molecular formula is C23H24N2O5. The number of nitrogens with one attached hydrogen (secondary N) is 1. The second-order valence-electron chi connectivity index (χ2n) is 7.14. The first-order chi connectivity index (χ1) is 14.3. The van der Waals surface area contributed by atoms with Crippen molar-refractivity contribution >= 4 is 17.6 Å². The Hall–Kier alpha value is -3.61. The molecular weight excluding hydrogens is 384 g/mol. The number of benzene rings is 2. The van der Waals surface area contributed by atoms with E-state index in [4.69, 9.17) is 14.0 Å². The molecule has 3 aromatic rings. The molecule has 0 radical (unpaired) electrons. The molecule has 1 N–H and O–H groups in total. The van der Waals surface area contributed by atoms with E-state index in [-0.39, 0.29) is 11.5 Å². The van der Waals surface area contributed by atoms with Gasteiger partial charge in [0.25, 0.3) is 5.91 Å². The van der Waals surface area contributed by atoms with Gasteiger partial charge in [0.1, 0.15) is 17.1 Å². The Kier molecular flexibility index (Phi) is 6.51. The molecule has 0 unspecified atom stereocenters. The molecule has 7 heteroatoms. The molecule has 30 heavy (non-hydrogen) atoms. The van der Waals surface area contributed by atoms with Crippen LogP contribution in [-0.4, -0.2) is 23.1 Å². The molecule has 0 aliphatic carbocycles. The maximum atomic E-state index is 12.5. The topological polar surface area (TPSA) is 90.7 Å². The summed E-state index contributed by atoms with van der Waals surface area (Å²) in [4.78, 5) is 25.0. The van der Waals surface area contributed by atoms with Crippen LogP contribution < -0.4 is 10.1 Å². The Morgan fingerprint density at radius 2 is 1.60 bits per heavy atom. The number of aryl methyl sites for hydroxylation is 1. The van der Waals surface area contributed by atoms with Crippen LogP contribution >= 0.6 is 0 Å². The lowest BCUT2D eigenvalue weighted by atomic mass is 10.1. The highest BCUT2D eigenvalue weighted by Gasteiger charge is 2.27. The van der Waals surface area contributed by atoms with Crippen molar-refractivity contribution in [3.8, 4) is 11.5 Å². The van der Waals surface area contributed by atoms with E-state index in [2.05, 4.69) is 10.5 Å². The highest BCUT2D eigenvalue weighted by molar-refractivity contribution is 5.98. The van der Waals surface area contributed by atoms with E-state index >= 15 is 0 Å². The zero-order valence-corrected chi connectivity index (χ0v) is 17.3. The smallest absolute Gasteiger partial charge is 0.344 e. The quantitative estimate of drug-likeness (QED) is 0.548. The van der Waals surface area contributed by atoms with Crippen molar-refractivity contribution in [3.63, 3.8) is 0 Å². The van der Waals surface area contributed by atoms with Gasteiger partial charge in [-0.25, -0.2) is 4.79 Å². The van der Waals surface area contributed by atoms with Gasteiger partial charge in [0.05, 0.1) is 5.69 Å². The van der Waals surface area contributed by atoms with E-state index in [1.165, 1.54) is 6.92 Å². The third kappa shape index (κ3) is 5.05. The van der Waals surface area contributed by atoms with Gasteiger partial charge in [-0.3, -0.25) is 4.79 Å². The summed E-state index contributed by atoms with van der Waals surface area (Å²) in [7, 11) is 0. The second kappa shape index (κ2) is 9.26. The van der Waals surface area contributed by atoms with Gasteiger partial charge in [-0.15, -0.1) is 0 Å². The first-order valence-electron chi connectivity index (χ1n) is 9.66. The number of ether oxygens (including phenoxy) is 2. The van der Waals surface area contributed by atoms with Gasteiger partial charge in [0, 0.05) is 11.6 Å². The van der Waals surface area contributed by atoms with Crippen LogP contribution in [0.3, 0.4) is 0 Å². The van der Waals surface area contributed by atoms with Crippen LogP contribution in [0.1, 0.15) is 48.5 Å². The molecule has 0 saturated carbocycles. The largest absolute Gasteiger partial charge is 0.457 e. The van der Waals surface area contributed by atoms with E-state index in [1.54, 1.807) is 31.2 Å². The summed E-state index contributed by atoms with van der Waals surface area (Å²) in [5.74, 6) is 0.697. The van der Waals surface area contributed by atoms with E-state index < -0.39 is 18.0 Å². The molecule has 1 heterocycles. The molecule has 1 amide bonds. The Morgan fingerprint density at radius 1 is 0.967 bits per heavy atom. The number of nitrogens with zero attached hydrogens (tertiary/aromatic N) is 1. The van der Waals surface area contributed by atoms with Crippen LogP contribution in [0.15, 0.2) is 59.1 Å². The molecule has 7 nitrogen and oxygen atoms in total. The molecule has 3 rings (SSSR count). The predicted molar refractivity (Wildman–Crippen MR) is 112 cm³/mol. The zero-order valence-electron chi connectivity index (χ0n) is 17.3. The van der Waals surface area contributed by atoms with E-state index in [0.29, 0.717) is 22.9 Å². The fraction of sp³-hybridized carbons (Fsp3) is 0.261. The van der Waals surface area contributed by atoms with Gasteiger partial charge < -0.3 is 19.3 Å². The summed E-state index contributed by atoms with van der Waals surface area (Å²) in [5.41, 5.74) is 1.27. The van der Waals surface area contributed by atoms with Crippen molar-refractivity contribution in [2.75, 3.05) is 5.32 Å². The number of carbonyl (C=O) groups excluding carboxylic acids is 2. The number of para-hydroxylation sites is 1. The van der Waals surface area contributed by atoms with Gasteiger partial charge in [0.15, 0.2) is 11.9 Å². The maximum absolute atomic E-state index is 12.5. The molecule has 156 valence electrons. The SMILES string of the molecule is Cc1noc(C(C)C)c1C(=O)O[C@H](C)C(=O)Nc1ccc(Oc2ccccc2)cc1. The van der Waals surface area contributed by atoms with Crippen LogP contribution in [0.4, 0.5) is 5.69 Å². The lowest BCUT2D eigenvalue weighted by Gasteiger charge is -2.14. The molecule has 0 saturated heterocycles. The molecule has 2 aromatic carbocycles. The van der Waals surface area contributed by atoms with Gasteiger partial charge in [0.2, 0.25) is 0 Å². The van der Waals surface area contributed by atoms with Crippen molar-refractivity contribution < 1.29 is 23.6 Å². The summed E-state index contributed by atoms with van der Waals surface area (Å²) >= 11 is 0. The van der Waals surface area contributed by atoms with Crippen molar-refractivity contribution in [3.05, 3.63) is 71.6 Å². The van der Waals surface area contributed by atoms with Crippen LogP contribution in [0.2, 0.25) is 0 Å². The fourth-order valence-electron chi connectivity index (χ4n) is 2.78. The van der Waals surface area contributed by atoms with E-state index in [0.717, 1.165) is 5.75 Å². The molecule has 0 fully saturated rings. The number of amides is 1. The normalized spacial score (nSPS) is 11.8. The first-order valence-corrected chi connectivity index (χ1v) is 9.66. The summed E-state index contributed by atoms with van der Waals surface area (Å²) in [6.07, 6.45) is -0.993. The van der Waals surface area contributed by atoms with Crippen molar-refractivity contribution in [2.45, 2.75) is 39.7 Å². The number of anilines is 1.